The summed E-state index contributed by atoms with van der Waals surface area (Å²) in [5.41, 5.74) is 3.34. The van der Waals surface area contributed by atoms with Crippen LogP contribution in [0.1, 0.15) is 28.9 Å². The molecule has 0 saturated carbocycles. The summed E-state index contributed by atoms with van der Waals surface area (Å²) in [6, 6.07) is 9.59. The summed E-state index contributed by atoms with van der Waals surface area (Å²) in [6.07, 6.45) is 3.85. The number of hydrogen-bond acceptors (Lipinski definition) is 4. The van der Waals surface area contributed by atoms with Gasteiger partial charge in [0.25, 0.3) is 5.91 Å². The van der Waals surface area contributed by atoms with Crippen LogP contribution >= 0.6 is 0 Å². The maximum absolute atomic E-state index is 12.3. The van der Waals surface area contributed by atoms with Gasteiger partial charge in [0.1, 0.15) is 11.4 Å². The molecule has 0 radical (unpaired) electrons. The van der Waals surface area contributed by atoms with Gasteiger partial charge in [-0.15, -0.1) is 0 Å². The number of carbonyl (C=O) groups excluding carboxylic acids is 1. The van der Waals surface area contributed by atoms with Crippen LogP contribution in [-0.2, 0) is 0 Å². The largest absolute Gasteiger partial charge is 0.495 e. The monoisotopic (exact) mass is 311 g/mol. The highest BCUT2D eigenvalue weighted by atomic mass is 16.5. The molecule has 0 aliphatic carbocycles. The average molecular weight is 311 g/mol. The quantitative estimate of drug-likeness (QED) is 0.940. The third-order valence-corrected chi connectivity index (χ3v) is 4.01. The fraction of sp³-hybridized carbons (Fsp3) is 0.333. The molecule has 120 valence electrons. The summed E-state index contributed by atoms with van der Waals surface area (Å²) in [7, 11) is 1.64. The van der Waals surface area contributed by atoms with Crippen molar-refractivity contribution in [1.82, 2.24) is 9.88 Å². The van der Waals surface area contributed by atoms with Gasteiger partial charge >= 0.3 is 0 Å². The zero-order chi connectivity index (χ0) is 16.2. The van der Waals surface area contributed by atoms with Crippen LogP contribution in [0.3, 0.4) is 0 Å². The number of aromatic nitrogens is 1. The molecular formula is C18H21N3O2. The van der Waals surface area contributed by atoms with Gasteiger partial charge in [0.15, 0.2) is 0 Å². The van der Waals surface area contributed by atoms with Crippen LogP contribution in [0.25, 0.3) is 0 Å². The van der Waals surface area contributed by atoms with E-state index in [9.17, 15) is 4.79 Å². The minimum absolute atomic E-state index is 0.0159. The van der Waals surface area contributed by atoms with Crippen LogP contribution < -0.4 is 10.1 Å². The van der Waals surface area contributed by atoms with Gasteiger partial charge in [-0.2, -0.15) is 0 Å². The van der Waals surface area contributed by atoms with Gasteiger partial charge in [-0.3, -0.25) is 4.79 Å². The molecule has 0 spiro atoms. The SMILES string of the molecule is COc1ccc(C)cc1Nc1ccc(C(=O)N2CCCC2)nc1. The number of hydrogen-bond donors (Lipinski definition) is 1. The van der Waals surface area contributed by atoms with Gasteiger partial charge in [0.05, 0.1) is 24.7 Å². The lowest BCUT2D eigenvalue weighted by atomic mass is 10.2. The van der Waals surface area contributed by atoms with Gasteiger partial charge in [-0.25, -0.2) is 4.98 Å². The molecule has 1 aliphatic rings. The molecule has 1 amide bonds. The van der Waals surface area contributed by atoms with E-state index in [1.54, 1.807) is 19.4 Å². The third kappa shape index (κ3) is 3.44. The smallest absolute Gasteiger partial charge is 0.272 e. The fourth-order valence-corrected chi connectivity index (χ4v) is 2.75. The van der Waals surface area contributed by atoms with Crippen molar-refractivity contribution in [3.63, 3.8) is 0 Å². The number of amides is 1. The highest BCUT2D eigenvalue weighted by molar-refractivity contribution is 5.92. The molecule has 2 aromatic rings. The number of ether oxygens (including phenoxy) is 1. The van der Waals surface area contributed by atoms with E-state index in [4.69, 9.17) is 4.74 Å². The Balaban J connectivity index is 1.75. The van der Waals surface area contributed by atoms with Crippen molar-refractivity contribution < 1.29 is 9.53 Å². The fourth-order valence-electron chi connectivity index (χ4n) is 2.75. The maximum atomic E-state index is 12.3. The summed E-state index contributed by atoms with van der Waals surface area (Å²) < 4.78 is 5.36. The van der Waals surface area contributed by atoms with E-state index in [0.29, 0.717) is 5.69 Å². The van der Waals surface area contributed by atoms with E-state index >= 15 is 0 Å². The Bertz CT molecular complexity index is 692. The molecule has 0 atom stereocenters. The first-order valence-electron chi connectivity index (χ1n) is 7.84. The van der Waals surface area contributed by atoms with Gasteiger partial charge < -0.3 is 15.0 Å². The first-order chi connectivity index (χ1) is 11.2. The molecule has 1 fully saturated rings. The van der Waals surface area contributed by atoms with Gasteiger partial charge in [0, 0.05) is 13.1 Å². The normalized spacial score (nSPS) is 13.9. The second-order valence-electron chi connectivity index (χ2n) is 5.76. The number of aryl methyl sites for hydroxylation is 1. The average Bonchev–Trinajstić information content (AvgIpc) is 3.10. The Morgan fingerprint density at radius 1 is 1.22 bits per heavy atom. The number of likely N-dealkylation sites (tertiary alicyclic amines) is 1. The number of anilines is 2. The van der Waals surface area contributed by atoms with Crippen molar-refractivity contribution in [3.05, 3.63) is 47.8 Å². The van der Waals surface area contributed by atoms with Gasteiger partial charge in [-0.05, 0) is 49.6 Å². The number of carbonyl (C=O) groups is 1. The molecule has 5 heteroatoms. The molecule has 1 aromatic heterocycles. The third-order valence-electron chi connectivity index (χ3n) is 4.01. The molecule has 1 saturated heterocycles. The molecule has 1 N–H and O–H groups in total. The highest BCUT2D eigenvalue weighted by Gasteiger charge is 2.20. The molecular weight excluding hydrogens is 290 g/mol. The van der Waals surface area contributed by atoms with E-state index in [1.807, 2.05) is 36.1 Å². The van der Waals surface area contributed by atoms with Crippen molar-refractivity contribution in [2.75, 3.05) is 25.5 Å². The summed E-state index contributed by atoms with van der Waals surface area (Å²) in [5.74, 6) is 0.787. The van der Waals surface area contributed by atoms with E-state index in [2.05, 4.69) is 10.3 Å². The van der Waals surface area contributed by atoms with Crippen LogP contribution in [0.2, 0.25) is 0 Å². The lowest BCUT2D eigenvalue weighted by Crippen LogP contribution is -2.28. The molecule has 1 aromatic carbocycles. The topological polar surface area (TPSA) is 54.5 Å². The first kappa shape index (κ1) is 15.3. The molecule has 1 aliphatic heterocycles. The summed E-state index contributed by atoms with van der Waals surface area (Å²) >= 11 is 0. The van der Waals surface area contributed by atoms with Crippen molar-refractivity contribution in [1.29, 1.82) is 0 Å². The number of benzene rings is 1. The van der Waals surface area contributed by atoms with Crippen molar-refractivity contribution in [2.24, 2.45) is 0 Å². The summed E-state index contributed by atoms with van der Waals surface area (Å²) in [6.45, 7) is 3.70. The van der Waals surface area contributed by atoms with E-state index < -0.39 is 0 Å². The summed E-state index contributed by atoms with van der Waals surface area (Å²) in [5, 5.41) is 3.29. The lowest BCUT2D eigenvalue weighted by molar-refractivity contribution is 0.0787. The van der Waals surface area contributed by atoms with Gasteiger partial charge in [0.2, 0.25) is 0 Å². The van der Waals surface area contributed by atoms with Crippen LogP contribution in [0.5, 0.6) is 5.75 Å². The minimum Gasteiger partial charge on any atom is -0.495 e. The Hall–Kier alpha value is -2.56. The van der Waals surface area contributed by atoms with Gasteiger partial charge in [-0.1, -0.05) is 6.07 Å². The number of methoxy groups -OCH3 is 1. The predicted molar refractivity (Wildman–Crippen MR) is 90.4 cm³/mol. The van der Waals surface area contributed by atoms with Crippen molar-refractivity contribution >= 4 is 17.3 Å². The Kier molecular flexibility index (Phi) is 4.46. The minimum atomic E-state index is 0.0159. The Morgan fingerprint density at radius 2 is 2.00 bits per heavy atom. The molecule has 0 unspecified atom stereocenters. The van der Waals surface area contributed by atoms with Crippen LogP contribution in [0.4, 0.5) is 11.4 Å². The number of nitrogens with one attached hydrogen (secondary N) is 1. The zero-order valence-corrected chi connectivity index (χ0v) is 13.5. The van der Waals surface area contributed by atoms with E-state index in [-0.39, 0.29) is 5.91 Å². The molecule has 3 rings (SSSR count). The van der Waals surface area contributed by atoms with Crippen LogP contribution in [0.15, 0.2) is 36.5 Å². The second-order valence-corrected chi connectivity index (χ2v) is 5.76. The lowest BCUT2D eigenvalue weighted by Gasteiger charge is -2.15. The molecule has 0 bridgehead atoms. The standard InChI is InChI=1S/C18H21N3O2/c1-13-5-8-17(23-2)16(11-13)20-14-6-7-15(19-12-14)18(22)21-9-3-4-10-21/h5-8,11-12,20H,3-4,9-10H2,1-2H3. The second kappa shape index (κ2) is 6.69. The first-order valence-corrected chi connectivity index (χ1v) is 7.84. The van der Waals surface area contributed by atoms with Crippen LogP contribution in [0, 0.1) is 6.92 Å². The number of pyridine rings is 1. The highest BCUT2D eigenvalue weighted by Crippen LogP contribution is 2.28. The Morgan fingerprint density at radius 3 is 2.65 bits per heavy atom. The number of rotatable bonds is 4. The predicted octanol–water partition coefficient (Wildman–Crippen LogP) is 3.38. The molecule has 5 nitrogen and oxygen atoms in total. The van der Waals surface area contributed by atoms with Crippen molar-refractivity contribution in [3.8, 4) is 5.75 Å². The molecule has 23 heavy (non-hydrogen) atoms. The number of nitrogens with zero attached hydrogens (tertiary/aromatic N) is 2. The van der Waals surface area contributed by atoms with E-state index in [1.165, 1.54) is 0 Å². The van der Waals surface area contributed by atoms with E-state index in [0.717, 1.165) is 48.6 Å². The summed E-state index contributed by atoms with van der Waals surface area (Å²) in [4.78, 5) is 18.4. The Labute approximate surface area is 136 Å². The van der Waals surface area contributed by atoms with Crippen molar-refractivity contribution in [2.45, 2.75) is 19.8 Å². The molecule has 2 heterocycles. The van der Waals surface area contributed by atoms with Crippen LogP contribution in [-0.4, -0.2) is 36.0 Å². The maximum Gasteiger partial charge on any atom is 0.272 e. The zero-order valence-electron chi connectivity index (χ0n) is 13.5.